The molecule has 1 amide bonds. The van der Waals surface area contributed by atoms with Gasteiger partial charge in [-0.15, -0.1) is 0 Å². The summed E-state index contributed by atoms with van der Waals surface area (Å²) in [7, 11) is 0. The van der Waals surface area contributed by atoms with E-state index in [0.717, 1.165) is 29.3 Å². The van der Waals surface area contributed by atoms with Gasteiger partial charge in [-0.1, -0.05) is 50.6 Å². The average Bonchev–Trinajstić information content (AvgIpc) is 3.23. The Hall–Kier alpha value is -3.24. The van der Waals surface area contributed by atoms with E-state index in [-0.39, 0.29) is 30.9 Å². The third-order valence-corrected chi connectivity index (χ3v) is 6.24. The van der Waals surface area contributed by atoms with Gasteiger partial charge in [-0.05, 0) is 49.4 Å². The summed E-state index contributed by atoms with van der Waals surface area (Å²) >= 11 is 0. The molecule has 3 rings (SSSR count). The zero-order chi connectivity index (χ0) is 28.2. The van der Waals surface area contributed by atoms with Gasteiger partial charge in [0.2, 0.25) is 0 Å². The van der Waals surface area contributed by atoms with E-state index < -0.39 is 47.8 Å². The lowest BCUT2D eigenvalue weighted by molar-refractivity contribution is -0.145. The van der Waals surface area contributed by atoms with Crippen molar-refractivity contribution >= 4 is 5.91 Å². The Morgan fingerprint density at radius 1 is 1.18 bits per heavy atom. The Labute approximate surface area is 221 Å². The third-order valence-electron chi connectivity index (χ3n) is 6.24. The molecule has 0 aliphatic rings. The first-order chi connectivity index (χ1) is 17.8. The average molecular weight is 532 g/mol. The number of nitrogens with zero attached hydrogens (tertiary/aromatic N) is 4. The van der Waals surface area contributed by atoms with Crippen LogP contribution in [0, 0.1) is 24.0 Å². The van der Waals surface area contributed by atoms with E-state index in [1.807, 2.05) is 52.0 Å². The first-order valence-electron chi connectivity index (χ1n) is 12.6. The number of carbonyl (C=O) groups is 1. The molecule has 3 atom stereocenters. The second kappa shape index (κ2) is 12.1. The minimum atomic E-state index is -1.34. The molecule has 3 aromatic rings. The molecule has 1 aromatic heterocycles. The van der Waals surface area contributed by atoms with Gasteiger partial charge in [0.15, 0.2) is 11.6 Å². The summed E-state index contributed by atoms with van der Waals surface area (Å²) in [5, 5.41) is 14.8. The highest BCUT2D eigenvalue weighted by Crippen LogP contribution is 2.39. The second-order valence-corrected chi connectivity index (χ2v) is 10.7. The summed E-state index contributed by atoms with van der Waals surface area (Å²) in [5.74, 6) is -1.64. The largest absolute Gasteiger partial charge is 0.384 e. The van der Waals surface area contributed by atoms with Crippen molar-refractivity contribution in [2.45, 2.75) is 65.8 Å². The van der Waals surface area contributed by atoms with Gasteiger partial charge in [0.05, 0.1) is 18.2 Å². The summed E-state index contributed by atoms with van der Waals surface area (Å²) in [6.07, 6.45) is -1.19. The standard InChI is InChI=1S/C28H36F3N5O2/c1-17-7-6-8-19(13-17)16-36-26(33-25(34-36)22-14-20(30)9-10-23(22)31)24(28(3,4)5)35(27(38)18(2)37)12-11-21(32)15-29/h6-10,13-14,18,21,24,37H,11-12,15-16,32H2,1-5H3/t18-,21-,24?/m0/s1. The number of hydrogen-bond acceptors (Lipinski definition) is 5. The monoisotopic (exact) mass is 531 g/mol. The first-order valence-corrected chi connectivity index (χ1v) is 12.6. The zero-order valence-electron chi connectivity index (χ0n) is 22.5. The molecule has 1 unspecified atom stereocenters. The van der Waals surface area contributed by atoms with Crippen LogP contribution < -0.4 is 5.73 Å². The van der Waals surface area contributed by atoms with E-state index in [2.05, 4.69) is 10.1 Å². The Morgan fingerprint density at radius 2 is 1.89 bits per heavy atom. The molecule has 10 heteroatoms. The van der Waals surface area contributed by atoms with Gasteiger partial charge in [0, 0.05) is 12.6 Å². The van der Waals surface area contributed by atoms with Crippen molar-refractivity contribution < 1.29 is 23.1 Å². The summed E-state index contributed by atoms with van der Waals surface area (Å²) in [4.78, 5) is 19.3. The van der Waals surface area contributed by atoms with Crippen molar-refractivity contribution in [3.05, 3.63) is 71.1 Å². The molecule has 0 saturated heterocycles. The van der Waals surface area contributed by atoms with Gasteiger partial charge in [-0.3, -0.25) is 4.79 Å². The van der Waals surface area contributed by atoms with Gasteiger partial charge >= 0.3 is 0 Å². The smallest absolute Gasteiger partial charge is 0.251 e. The molecule has 0 bridgehead atoms. The maximum absolute atomic E-state index is 14.7. The number of benzene rings is 2. The highest BCUT2D eigenvalue weighted by molar-refractivity contribution is 5.80. The van der Waals surface area contributed by atoms with Crippen LogP contribution in [-0.2, 0) is 11.3 Å². The van der Waals surface area contributed by atoms with Crippen LogP contribution in [-0.4, -0.2) is 56.0 Å². The number of halogens is 3. The van der Waals surface area contributed by atoms with Crippen LogP contribution >= 0.6 is 0 Å². The summed E-state index contributed by atoms with van der Waals surface area (Å²) < 4.78 is 43.6. The number of nitrogens with two attached hydrogens (primary N) is 1. The van der Waals surface area contributed by atoms with Crippen LogP contribution in [0.1, 0.15) is 57.1 Å². The second-order valence-electron chi connectivity index (χ2n) is 10.7. The molecule has 0 spiro atoms. The van der Waals surface area contributed by atoms with Gasteiger partial charge < -0.3 is 15.7 Å². The molecule has 0 radical (unpaired) electrons. The fraction of sp³-hybridized carbons (Fsp3) is 0.464. The Kier molecular flexibility index (Phi) is 9.32. The highest BCUT2D eigenvalue weighted by atomic mass is 19.1. The fourth-order valence-electron chi connectivity index (χ4n) is 4.42. The number of rotatable bonds is 10. The zero-order valence-corrected chi connectivity index (χ0v) is 22.5. The van der Waals surface area contributed by atoms with E-state index in [0.29, 0.717) is 5.82 Å². The number of aryl methyl sites for hydroxylation is 1. The minimum absolute atomic E-state index is 0.0381. The molecule has 2 aromatic carbocycles. The number of aliphatic hydroxyl groups is 1. The van der Waals surface area contributed by atoms with E-state index in [9.17, 15) is 23.1 Å². The molecule has 206 valence electrons. The lowest BCUT2D eigenvalue weighted by Crippen LogP contribution is -2.47. The van der Waals surface area contributed by atoms with Crippen LogP contribution in [0.5, 0.6) is 0 Å². The van der Waals surface area contributed by atoms with Crippen LogP contribution in [0.2, 0.25) is 0 Å². The molecule has 0 saturated carbocycles. The number of carbonyl (C=O) groups excluding carboxylic acids is 1. The fourth-order valence-corrected chi connectivity index (χ4v) is 4.42. The molecule has 0 aliphatic heterocycles. The van der Waals surface area contributed by atoms with Gasteiger partial charge in [0.25, 0.3) is 5.91 Å². The van der Waals surface area contributed by atoms with Crippen molar-refractivity contribution in [1.82, 2.24) is 19.7 Å². The minimum Gasteiger partial charge on any atom is -0.384 e. The molecule has 3 N–H and O–H groups in total. The lowest BCUT2D eigenvalue weighted by atomic mass is 9.84. The quantitative estimate of drug-likeness (QED) is 0.400. The van der Waals surface area contributed by atoms with E-state index in [1.54, 1.807) is 4.68 Å². The first kappa shape index (κ1) is 29.3. The highest BCUT2D eigenvalue weighted by Gasteiger charge is 2.40. The van der Waals surface area contributed by atoms with E-state index in [1.165, 1.54) is 11.8 Å². The number of alkyl halides is 1. The molecular weight excluding hydrogens is 495 g/mol. The molecule has 38 heavy (non-hydrogen) atoms. The molecule has 0 fully saturated rings. The van der Waals surface area contributed by atoms with Crippen molar-refractivity contribution in [3.8, 4) is 11.4 Å². The van der Waals surface area contributed by atoms with Crippen LogP contribution in [0.4, 0.5) is 13.2 Å². The molecular formula is C28H36F3N5O2. The summed E-state index contributed by atoms with van der Waals surface area (Å²) in [6, 6.07) is 9.22. The van der Waals surface area contributed by atoms with Crippen molar-refractivity contribution in [1.29, 1.82) is 0 Å². The molecule has 7 nitrogen and oxygen atoms in total. The summed E-state index contributed by atoms with van der Waals surface area (Å²) in [5.41, 5.74) is 6.97. The molecule has 0 aliphatic carbocycles. The number of aliphatic hydroxyl groups excluding tert-OH is 1. The number of hydrogen-bond donors (Lipinski definition) is 2. The Morgan fingerprint density at radius 3 is 2.50 bits per heavy atom. The van der Waals surface area contributed by atoms with Crippen molar-refractivity contribution in [2.75, 3.05) is 13.2 Å². The summed E-state index contributed by atoms with van der Waals surface area (Å²) in [6.45, 7) is 8.52. The Balaban J connectivity index is 2.22. The molecule has 1 heterocycles. The SMILES string of the molecule is Cc1cccc(Cn2nc(-c3cc(F)ccc3F)nc2C(N(CC[C@H](N)CF)C(=O)[C@H](C)O)C(C)(C)C)c1. The van der Waals surface area contributed by atoms with Crippen molar-refractivity contribution in [2.24, 2.45) is 11.1 Å². The maximum Gasteiger partial charge on any atom is 0.251 e. The predicted octanol–water partition coefficient (Wildman–Crippen LogP) is 4.56. The predicted molar refractivity (Wildman–Crippen MR) is 140 cm³/mol. The van der Waals surface area contributed by atoms with E-state index >= 15 is 0 Å². The number of amides is 1. The van der Waals surface area contributed by atoms with E-state index in [4.69, 9.17) is 5.73 Å². The van der Waals surface area contributed by atoms with Crippen LogP contribution in [0.3, 0.4) is 0 Å². The van der Waals surface area contributed by atoms with Gasteiger partial charge in [-0.2, -0.15) is 5.10 Å². The van der Waals surface area contributed by atoms with Crippen LogP contribution in [0.25, 0.3) is 11.4 Å². The normalized spacial score (nSPS) is 14.3. The number of aromatic nitrogens is 3. The maximum atomic E-state index is 14.7. The Bertz CT molecular complexity index is 1260. The topological polar surface area (TPSA) is 97.3 Å². The van der Waals surface area contributed by atoms with Gasteiger partial charge in [0.1, 0.15) is 24.4 Å². The van der Waals surface area contributed by atoms with Gasteiger partial charge in [-0.25, -0.2) is 22.8 Å². The lowest BCUT2D eigenvalue weighted by Gasteiger charge is -2.40. The third kappa shape index (κ3) is 6.99. The van der Waals surface area contributed by atoms with Crippen LogP contribution in [0.15, 0.2) is 42.5 Å². The van der Waals surface area contributed by atoms with Crippen molar-refractivity contribution in [3.63, 3.8) is 0 Å².